The van der Waals surface area contributed by atoms with Crippen LogP contribution in [0.5, 0.6) is 0 Å². The van der Waals surface area contributed by atoms with Gasteiger partial charge < -0.3 is 0 Å². The van der Waals surface area contributed by atoms with Crippen molar-refractivity contribution >= 4 is 35.7 Å². The van der Waals surface area contributed by atoms with Crippen LogP contribution in [0.25, 0.3) is 33.4 Å². The Hall–Kier alpha value is -5.67. The Morgan fingerprint density at radius 1 is 0.311 bits per heavy atom. The fourth-order valence-corrected chi connectivity index (χ4v) is 6.15. The molecule has 0 aliphatic carbocycles. The van der Waals surface area contributed by atoms with Crippen molar-refractivity contribution in [1.29, 1.82) is 0 Å². The first-order valence-electron chi connectivity index (χ1n) is 15.3. The van der Waals surface area contributed by atoms with E-state index < -0.39 is 0 Å². The topological polar surface area (TPSA) is 37.1 Å². The number of fused-ring (bicyclic) bond motifs is 3. The third kappa shape index (κ3) is 5.81. The summed E-state index contributed by atoms with van der Waals surface area (Å²) < 4.78 is 0. The third-order valence-electron chi connectivity index (χ3n) is 8.44. The molecule has 0 saturated heterocycles. The zero-order chi connectivity index (χ0) is 30.8. The summed E-state index contributed by atoms with van der Waals surface area (Å²) in [5, 5.41) is 0. The molecule has 0 saturated carbocycles. The van der Waals surface area contributed by atoms with E-state index in [1.54, 1.807) is 0 Å². The lowest BCUT2D eigenvalue weighted by molar-refractivity contribution is 1.42. The van der Waals surface area contributed by atoms with Gasteiger partial charge in [-0.15, -0.1) is 0 Å². The summed E-state index contributed by atoms with van der Waals surface area (Å²) in [5.74, 6) is 0. The molecule has 0 fully saturated rings. The Bertz CT molecular complexity index is 1850. The third-order valence-corrected chi connectivity index (χ3v) is 8.44. The molecule has 0 aromatic heterocycles. The second kappa shape index (κ2) is 12.1. The summed E-state index contributed by atoms with van der Waals surface area (Å²) in [6.07, 6.45) is 5.91. The summed E-state index contributed by atoms with van der Waals surface area (Å²) >= 11 is 0. The Kier molecular flexibility index (Phi) is 7.59. The first-order valence-corrected chi connectivity index (χ1v) is 15.3. The predicted molar refractivity (Wildman–Crippen MR) is 192 cm³/mol. The predicted octanol–water partition coefficient (Wildman–Crippen LogP) is 11.2. The van der Waals surface area contributed by atoms with Gasteiger partial charge in [-0.05, 0) is 107 Å². The molecule has 0 amide bonds. The van der Waals surface area contributed by atoms with Gasteiger partial charge in [-0.1, -0.05) is 91.0 Å². The Morgan fingerprint density at radius 3 is 0.844 bits per heavy atom. The van der Waals surface area contributed by atoms with E-state index in [0.717, 1.165) is 50.4 Å². The molecule has 0 spiro atoms. The first-order chi connectivity index (χ1) is 22.0. The van der Waals surface area contributed by atoms with E-state index in [0.29, 0.717) is 0 Å². The number of hydrogen-bond donors (Lipinski definition) is 0. The Balaban J connectivity index is 1.38. The molecular weight excluding hydrogens is 546 g/mol. The second-order valence-electron chi connectivity index (χ2n) is 11.5. The normalized spacial score (nSPS) is 12.1. The van der Waals surface area contributed by atoms with Crippen LogP contribution in [0.3, 0.4) is 0 Å². The molecule has 0 atom stereocenters. The van der Waals surface area contributed by atoms with Gasteiger partial charge in [0.2, 0.25) is 0 Å². The molecule has 0 N–H and O–H groups in total. The van der Waals surface area contributed by atoms with Gasteiger partial charge in [-0.3, -0.25) is 15.0 Å². The molecule has 6 aromatic carbocycles. The summed E-state index contributed by atoms with van der Waals surface area (Å²) in [7, 11) is 0. The van der Waals surface area contributed by atoms with E-state index in [2.05, 4.69) is 148 Å². The monoisotopic (exact) mass is 579 g/mol. The van der Waals surface area contributed by atoms with Gasteiger partial charge in [0, 0.05) is 35.3 Å². The second-order valence-corrected chi connectivity index (χ2v) is 11.5. The van der Waals surface area contributed by atoms with Crippen LogP contribution in [-0.4, -0.2) is 18.6 Å². The Labute approximate surface area is 265 Å². The number of rotatable bonds is 0. The van der Waals surface area contributed by atoms with Crippen LogP contribution < -0.4 is 0 Å². The van der Waals surface area contributed by atoms with E-state index in [1.807, 2.05) is 18.6 Å². The van der Waals surface area contributed by atoms with Crippen molar-refractivity contribution in [3.8, 4) is 33.4 Å². The van der Waals surface area contributed by atoms with Gasteiger partial charge in [0.1, 0.15) is 0 Å². The van der Waals surface area contributed by atoms with Crippen molar-refractivity contribution in [3.63, 3.8) is 0 Å². The molecule has 6 bridgehead atoms. The lowest BCUT2D eigenvalue weighted by atomic mass is 9.94. The van der Waals surface area contributed by atoms with Crippen LogP contribution in [-0.2, 0) is 0 Å². The zero-order valence-corrected chi connectivity index (χ0v) is 25.7. The van der Waals surface area contributed by atoms with Crippen molar-refractivity contribution in [2.45, 2.75) is 20.8 Å². The van der Waals surface area contributed by atoms with E-state index >= 15 is 0 Å². The van der Waals surface area contributed by atoms with E-state index in [9.17, 15) is 0 Å². The maximum atomic E-state index is 4.88. The molecule has 4 aliphatic rings. The number of nitrogens with zero attached hydrogens (tertiary/aromatic N) is 3. The van der Waals surface area contributed by atoms with Gasteiger partial charge in [0.25, 0.3) is 0 Å². The van der Waals surface area contributed by atoms with Gasteiger partial charge in [-0.25, -0.2) is 0 Å². The smallest absolute Gasteiger partial charge is 0.0630 e. The average Bonchev–Trinajstić information content (AvgIpc) is 3.06. The minimum absolute atomic E-state index is 0.907. The van der Waals surface area contributed by atoms with Crippen molar-refractivity contribution < 1.29 is 0 Å². The van der Waals surface area contributed by atoms with Gasteiger partial charge >= 0.3 is 0 Å². The zero-order valence-electron chi connectivity index (χ0n) is 25.7. The highest BCUT2D eigenvalue weighted by Crippen LogP contribution is 2.33. The number of benzene rings is 6. The number of aliphatic imine (C=N–C) groups is 3. The molecule has 3 heteroatoms. The largest absolute Gasteiger partial charge is 0.256 e. The lowest BCUT2D eigenvalue weighted by Crippen LogP contribution is -1.93. The molecule has 4 heterocycles. The van der Waals surface area contributed by atoms with Crippen LogP contribution in [0.15, 0.2) is 142 Å². The number of aryl methyl sites for hydroxylation is 3. The Morgan fingerprint density at radius 2 is 0.578 bits per heavy atom. The maximum absolute atomic E-state index is 4.88. The lowest BCUT2D eigenvalue weighted by Gasteiger charge is -2.12. The molecule has 45 heavy (non-hydrogen) atoms. The van der Waals surface area contributed by atoms with Crippen LogP contribution in [0, 0.1) is 20.8 Å². The molecule has 6 aromatic rings. The highest BCUT2D eigenvalue weighted by molar-refractivity contribution is 5.96. The fraction of sp³-hybridized carbons (Fsp3) is 0.0714. The van der Waals surface area contributed by atoms with Crippen molar-refractivity contribution in [2.24, 2.45) is 15.0 Å². The SMILES string of the molecule is Cc1cccc2c1-c1ccc(cc1)N=Cc1cccc(C)c1-c1ccc(cc1)N=Cc1cccc(C)c1-c1ccc(cc1)N=C2. The molecule has 216 valence electrons. The molecular formula is C42H33N3. The van der Waals surface area contributed by atoms with Gasteiger partial charge in [0.15, 0.2) is 0 Å². The van der Waals surface area contributed by atoms with Crippen molar-refractivity contribution in [2.75, 3.05) is 0 Å². The van der Waals surface area contributed by atoms with Crippen LogP contribution in [0.4, 0.5) is 17.1 Å². The van der Waals surface area contributed by atoms with Crippen molar-refractivity contribution in [1.82, 2.24) is 0 Å². The number of hydrogen-bond acceptors (Lipinski definition) is 3. The molecule has 0 radical (unpaired) electrons. The maximum Gasteiger partial charge on any atom is 0.0630 e. The van der Waals surface area contributed by atoms with Gasteiger partial charge in [0.05, 0.1) is 17.1 Å². The summed E-state index contributed by atoms with van der Waals surface area (Å²) in [5.41, 5.74) is 16.5. The van der Waals surface area contributed by atoms with Gasteiger partial charge in [-0.2, -0.15) is 0 Å². The van der Waals surface area contributed by atoms with E-state index in [1.165, 1.54) is 33.4 Å². The molecule has 4 aliphatic heterocycles. The summed E-state index contributed by atoms with van der Waals surface area (Å²) in [6, 6.07) is 44.5. The highest BCUT2D eigenvalue weighted by Gasteiger charge is 2.11. The van der Waals surface area contributed by atoms with Crippen LogP contribution in [0.2, 0.25) is 0 Å². The van der Waals surface area contributed by atoms with E-state index in [-0.39, 0.29) is 0 Å². The minimum atomic E-state index is 0.907. The standard InChI is InChI=1S/C42H33N3/c1-28-7-4-10-34-25-43-38-21-15-32(16-22-38)41-29(2)9-6-12-36(41)27-45-39-23-17-33(18-24-39)42-30(3)8-5-11-35(42)26-44-37-19-13-31(14-20-37)40(28)34/h4-27H,1-3H3. The highest BCUT2D eigenvalue weighted by atomic mass is 14.7. The minimum Gasteiger partial charge on any atom is -0.256 e. The summed E-state index contributed by atoms with van der Waals surface area (Å²) in [6.45, 7) is 6.45. The average molecular weight is 580 g/mol. The summed E-state index contributed by atoms with van der Waals surface area (Å²) in [4.78, 5) is 14.6. The molecule has 10 rings (SSSR count). The first kappa shape index (κ1) is 28.1. The fourth-order valence-electron chi connectivity index (χ4n) is 6.15. The quantitative estimate of drug-likeness (QED) is 0.171. The van der Waals surface area contributed by atoms with Crippen LogP contribution >= 0.6 is 0 Å². The molecule has 3 nitrogen and oxygen atoms in total. The van der Waals surface area contributed by atoms with Crippen molar-refractivity contribution in [3.05, 3.63) is 161 Å². The molecule has 0 unspecified atom stereocenters. The van der Waals surface area contributed by atoms with Crippen LogP contribution in [0.1, 0.15) is 33.4 Å². The van der Waals surface area contributed by atoms with E-state index in [4.69, 9.17) is 15.0 Å².